The van der Waals surface area contributed by atoms with E-state index < -0.39 is 42.3 Å². The zero-order valence-corrected chi connectivity index (χ0v) is 19.6. The van der Waals surface area contributed by atoms with Crippen LogP contribution in [0.25, 0.3) is 0 Å². The Morgan fingerprint density at radius 2 is 1.47 bits per heavy atom. The standard InChI is InChI=1S/C22H31NO11/c1-5-10-31-20(26)32-12-13(4)17(18(23)19(24)25)14-8-9-15(33-21(27)29-6-2)16(11-14)34-22(28)30-7-3/h8-9,11,13,17-18H,5-7,10,12,23H2,1-4H3,(H,24,25)/t13?,17?,18-/m0/s1. The second-order valence-electron chi connectivity index (χ2n) is 7.05. The topological polar surface area (TPSA) is 170 Å². The van der Waals surface area contributed by atoms with Gasteiger partial charge in [-0.2, -0.15) is 0 Å². The van der Waals surface area contributed by atoms with E-state index in [4.69, 9.17) is 34.2 Å². The van der Waals surface area contributed by atoms with Crippen molar-refractivity contribution in [2.45, 2.75) is 46.1 Å². The molecule has 2 unspecified atom stereocenters. The average Bonchev–Trinajstić information content (AvgIpc) is 2.78. The highest BCUT2D eigenvalue weighted by atomic mass is 16.7. The van der Waals surface area contributed by atoms with Crippen LogP contribution in [0.3, 0.4) is 0 Å². The summed E-state index contributed by atoms with van der Waals surface area (Å²) in [5, 5.41) is 9.52. The number of hydrogen-bond donors (Lipinski definition) is 2. The number of aliphatic carboxylic acids is 1. The first kappa shape index (κ1) is 28.5. The van der Waals surface area contributed by atoms with Crippen LogP contribution >= 0.6 is 0 Å². The van der Waals surface area contributed by atoms with Gasteiger partial charge in [0.05, 0.1) is 26.4 Å². The molecule has 0 heterocycles. The van der Waals surface area contributed by atoms with E-state index in [2.05, 4.69) is 0 Å². The number of nitrogens with two attached hydrogens (primary N) is 1. The van der Waals surface area contributed by atoms with Gasteiger partial charge in [0.15, 0.2) is 11.5 Å². The number of carbonyl (C=O) groups is 4. The summed E-state index contributed by atoms with van der Waals surface area (Å²) in [5.74, 6) is -3.16. The van der Waals surface area contributed by atoms with Gasteiger partial charge in [-0.15, -0.1) is 0 Å². The molecule has 0 aliphatic carbocycles. The summed E-state index contributed by atoms with van der Waals surface area (Å²) in [6, 6.07) is 2.64. The minimum absolute atomic E-state index is 0.0294. The minimum Gasteiger partial charge on any atom is -0.480 e. The highest BCUT2D eigenvalue weighted by Gasteiger charge is 2.33. The number of benzene rings is 1. The van der Waals surface area contributed by atoms with Crippen molar-refractivity contribution in [3.63, 3.8) is 0 Å². The van der Waals surface area contributed by atoms with Gasteiger partial charge in [-0.3, -0.25) is 4.79 Å². The predicted molar refractivity (Wildman–Crippen MR) is 117 cm³/mol. The van der Waals surface area contributed by atoms with E-state index in [0.29, 0.717) is 12.0 Å². The Bertz CT molecular complexity index is 842. The van der Waals surface area contributed by atoms with E-state index >= 15 is 0 Å². The van der Waals surface area contributed by atoms with Gasteiger partial charge in [0.25, 0.3) is 0 Å². The van der Waals surface area contributed by atoms with Gasteiger partial charge in [0.1, 0.15) is 6.04 Å². The Morgan fingerprint density at radius 3 is 2.00 bits per heavy atom. The van der Waals surface area contributed by atoms with Gasteiger partial charge in [-0.1, -0.05) is 19.9 Å². The number of hydrogen-bond acceptors (Lipinski definition) is 11. The molecule has 0 saturated carbocycles. The summed E-state index contributed by atoms with van der Waals surface area (Å²) in [6.45, 7) is 6.69. The van der Waals surface area contributed by atoms with Gasteiger partial charge in [0.2, 0.25) is 0 Å². The first-order valence-corrected chi connectivity index (χ1v) is 10.8. The normalized spacial score (nSPS) is 13.1. The Hall–Kier alpha value is -3.54. The summed E-state index contributed by atoms with van der Waals surface area (Å²) in [5.41, 5.74) is 6.25. The predicted octanol–water partition coefficient (Wildman–Crippen LogP) is 3.45. The molecule has 3 atom stereocenters. The van der Waals surface area contributed by atoms with E-state index in [1.54, 1.807) is 20.8 Å². The van der Waals surface area contributed by atoms with Crippen molar-refractivity contribution in [2.75, 3.05) is 26.4 Å². The van der Waals surface area contributed by atoms with Crippen LogP contribution < -0.4 is 15.2 Å². The molecular formula is C22H31NO11. The average molecular weight is 485 g/mol. The van der Waals surface area contributed by atoms with Crippen LogP contribution in [-0.4, -0.2) is 62.0 Å². The van der Waals surface area contributed by atoms with Crippen LogP contribution in [0.1, 0.15) is 45.6 Å². The number of ether oxygens (including phenoxy) is 6. The smallest absolute Gasteiger partial charge is 0.480 e. The van der Waals surface area contributed by atoms with Crippen molar-refractivity contribution >= 4 is 24.4 Å². The summed E-state index contributed by atoms with van der Waals surface area (Å²) in [7, 11) is 0. The molecular weight excluding hydrogens is 454 g/mol. The molecule has 0 amide bonds. The third-order valence-corrected chi connectivity index (χ3v) is 4.44. The molecule has 12 nitrogen and oxygen atoms in total. The van der Waals surface area contributed by atoms with Crippen molar-refractivity contribution in [1.29, 1.82) is 0 Å². The van der Waals surface area contributed by atoms with Crippen molar-refractivity contribution in [1.82, 2.24) is 0 Å². The van der Waals surface area contributed by atoms with Gasteiger partial charge < -0.3 is 39.3 Å². The zero-order valence-electron chi connectivity index (χ0n) is 19.6. The molecule has 1 aromatic rings. The molecule has 0 radical (unpaired) electrons. The summed E-state index contributed by atoms with van der Waals surface area (Å²) >= 11 is 0. The second-order valence-corrected chi connectivity index (χ2v) is 7.05. The minimum atomic E-state index is -1.41. The van der Waals surface area contributed by atoms with Gasteiger partial charge in [0, 0.05) is 5.92 Å². The number of carboxylic acid groups (broad SMARTS) is 1. The molecule has 0 spiro atoms. The highest BCUT2D eigenvalue weighted by molar-refractivity contribution is 5.75. The molecule has 0 aliphatic rings. The van der Waals surface area contributed by atoms with Crippen molar-refractivity contribution in [3.8, 4) is 11.5 Å². The lowest BCUT2D eigenvalue weighted by atomic mass is 9.82. The number of carbonyl (C=O) groups excluding carboxylic acids is 3. The fourth-order valence-electron chi connectivity index (χ4n) is 2.94. The summed E-state index contributed by atoms with van der Waals surface area (Å²) < 4.78 is 29.6. The van der Waals surface area contributed by atoms with Crippen LogP contribution in [0.15, 0.2) is 18.2 Å². The van der Waals surface area contributed by atoms with E-state index in [1.165, 1.54) is 18.2 Å². The Balaban J connectivity index is 3.27. The largest absolute Gasteiger partial charge is 0.513 e. The summed E-state index contributed by atoms with van der Waals surface area (Å²) in [6.07, 6.45) is -2.38. The molecule has 0 aromatic heterocycles. The maximum atomic E-state index is 11.9. The molecule has 190 valence electrons. The fraction of sp³-hybridized carbons (Fsp3) is 0.545. The first-order valence-electron chi connectivity index (χ1n) is 10.8. The van der Waals surface area contributed by atoms with Crippen LogP contribution in [0.4, 0.5) is 14.4 Å². The van der Waals surface area contributed by atoms with E-state index in [1.807, 2.05) is 6.92 Å². The van der Waals surface area contributed by atoms with E-state index in [0.717, 1.165) is 0 Å². The maximum absolute atomic E-state index is 11.9. The lowest BCUT2D eigenvalue weighted by Gasteiger charge is -2.27. The monoisotopic (exact) mass is 485 g/mol. The lowest BCUT2D eigenvalue weighted by molar-refractivity contribution is -0.139. The molecule has 0 saturated heterocycles. The zero-order chi connectivity index (χ0) is 25.7. The van der Waals surface area contributed by atoms with Crippen LogP contribution in [0, 0.1) is 5.92 Å². The van der Waals surface area contributed by atoms with Crippen LogP contribution in [-0.2, 0) is 23.7 Å². The lowest BCUT2D eigenvalue weighted by Crippen LogP contribution is -2.40. The maximum Gasteiger partial charge on any atom is 0.513 e. The van der Waals surface area contributed by atoms with Crippen molar-refractivity contribution < 1.29 is 52.7 Å². The quantitative estimate of drug-likeness (QED) is 0.251. The molecule has 0 bridgehead atoms. The number of carboxylic acids is 1. The second kappa shape index (κ2) is 14.6. The van der Waals surface area contributed by atoms with Gasteiger partial charge in [-0.25, -0.2) is 14.4 Å². The fourth-order valence-corrected chi connectivity index (χ4v) is 2.94. The van der Waals surface area contributed by atoms with Gasteiger partial charge >= 0.3 is 24.4 Å². The third kappa shape index (κ3) is 9.14. The van der Waals surface area contributed by atoms with Crippen LogP contribution in [0.5, 0.6) is 11.5 Å². The molecule has 1 aromatic carbocycles. The number of rotatable bonds is 12. The Kier molecular flexibility index (Phi) is 12.2. The Morgan fingerprint density at radius 1 is 0.882 bits per heavy atom. The molecule has 0 fully saturated rings. The molecule has 12 heteroatoms. The molecule has 1 rings (SSSR count). The summed E-state index contributed by atoms with van der Waals surface area (Å²) in [4.78, 5) is 47.0. The van der Waals surface area contributed by atoms with E-state index in [9.17, 15) is 24.3 Å². The SMILES string of the molecule is CCCOC(=O)OCC(C)C(c1ccc(OC(=O)OCC)c(OC(=O)OCC)c1)[C@H](N)C(=O)O. The third-order valence-electron chi connectivity index (χ3n) is 4.44. The first-order chi connectivity index (χ1) is 16.1. The van der Waals surface area contributed by atoms with Crippen molar-refractivity contribution in [2.24, 2.45) is 11.7 Å². The molecule has 34 heavy (non-hydrogen) atoms. The van der Waals surface area contributed by atoms with Gasteiger partial charge in [-0.05, 0) is 43.9 Å². The highest BCUT2D eigenvalue weighted by Crippen LogP contribution is 2.36. The Labute approximate surface area is 197 Å². The molecule has 0 aliphatic heterocycles. The van der Waals surface area contributed by atoms with Crippen LogP contribution in [0.2, 0.25) is 0 Å². The van der Waals surface area contributed by atoms with E-state index in [-0.39, 0.29) is 37.9 Å². The molecule has 3 N–H and O–H groups in total. The van der Waals surface area contributed by atoms with Crippen molar-refractivity contribution in [3.05, 3.63) is 23.8 Å².